The van der Waals surface area contributed by atoms with Gasteiger partial charge in [-0.1, -0.05) is 19.3 Å². The number of nitrogens with two attached hydrogens (primary N) is 2. The van der Waals surface area contributed by atoms with E-state index in [0.717, 1.165) is 30.6 Å². The van der Waals surface area contributed by atoms with Crippen LogP contribution in [-0.4, -0.2) is 70.3 Å². The number of carbonyl (C=O) groups is 4. The zero-order valence-electron chi connectivity index (χ0n) is 16.2. The van der Waals surface area contributed by atoms with E-state index in [1.807, 2.05) is 0 Å². The normalized spacial score (nSPS) is 19.6. The molecular formula is C17H32N4O7. The molecule has 0 aromatic carbocycles. The lowest BCUT2D eigenvalue weighted by Crippen LogP contribution is -2.44. The fourth-order valence-electron chi connectivity index (χ4n) is 2.97. The van der Waals surface area contributed by atoms with Crippen LogP contribution >= 0.6 is 0 Å². The molecule has 8 N–H and O–H groups in total. The first-order valence-corrected chi connectivity index (χ1v) is 9.24. The minimum absolute atomic E-state index is 0.280. The Hall–Kier alpha value is -2.24. The first-order valence-electron chi connectivity index (χ1n) is 9.24. The fraction of sp³-hybridized carbons (Fsp3) is 0.765. The summed E-state index contributed by atoms with van der Waals surface area (Å²) in [5.41, 5.74) is 11.9. The number of likely N-dealkylation sites (N-methyl/N-ethyl adjacent to an activating group) is 1. The Morgan fingerprint density at radius 1 is 1.11 bits per heavy atom. The number of rotatable bonds is 9. The summed E-state index contributed by atoms with van der Waals surface area (Å²) in [6.45, 7) is 0.324. The van der Waals surface area contributed by atoms with Gasteiger partial charge in [0.2, 0.25) is 5.91 Å². The number of hydrogen-bond acceptors (Lipinski definition) is 7. The van der Waals surface area contributed by atoms with E-state index in [1.54, 1.807) is 0 Å². The molecule has 11 nitrogen and oxygen atoms in total. The van der Waals surface area contributed by atoms with E-state index < -0.39 is 35.7 Å². The summed E-state index contributed by atoms with van der Waals surface area (Å²) in [6.07, 6.45) is 4.81. The second-order valence-electron chi connectivity index (χ2n) is 6.79. The lowest BCUT2D eigenvalue weighted by Gasteiger charge is -2.30. The van der Waals surface area contributed by atoms with Crippen molar-refractivity contribution < 1.29 is 34.6 Å². The van der Waals surface area contributed by atoms with Gasteiger partial charge < -0.3 is 26.6 Å². The number of nitrogens with zero attached hydrogens (tertiary/aromatic N) is 1. The molecule has 0 heterocycles. The van der Waals surface area contributed by atoms with Gasteiger partial charge in [-0.2, -0.15) is 0 Å². The van der Waals surface area contributed by atoms with Crippen LogP contribution in [0.15, 0.2) is 0 Å². The number of nitrogens with one attached hydrogen (secondary N) is 1. The molecule has 28 heavy (non-hydrogen) atoms. The number of amides is 2. The predicted octanol–water partition coefficient (Wildman–Crippen LogP) is -0.631. The number of aliphatic carboxylic acids is 2. The molecule has 1 fully saturated rings. The summed E-state index contributed by atoms with van der Waals surface area (Å²) >= 11 is 0. The van der Waals surface area contributed by atoms with Crippen molar-refractivity contribution in [2.75, 3.05) is 20.1 Å². The molecule has 0 aliphatic heterocycles. The average molecular weight is 404 g/mol. The highest BCUT2D eigenvalue weighted by Gasteiger charge is 2.37. The Labute approximate surface area is 164 Å². The smallest absolute Gasteiger partial charge is 0.320 e. The van der Waals surface area contributed by atoms with Crippen LogP contribution in [0.2, 0.25) is 0 Å². The molecule has 0 unspecified atom stereocenters. The van der Waals surface area contributed by atoms with Gasteiger partial charge in [-0.05, 0) is 32.2 Å². The summed E-state index contributed by atoms with van der Waals surface area (Å²) in [5, 5.41) is 25.8. The highest BCUT2D eigenvalue weighted by molar-refractivity contribution is 5.88. The topological polar surface area (TPSA) is 196 Å². The lowest BCUT2D eigenvalue weighted by atomic mass is 9.78. The maximum atomic E-state index is 12.1. The minimum Gasteiger partial charge on any atom is -0.481 e. The number of hydrogen-bond donors (Lipinski definition) is 6. The molecular weight excluding hydrogens is 372 g/mol. The second-order valence-corrected chi connectivity index (χ2v) is 6.79. The van der Waals surface area contributed by atoms with Crippen molar-refractivity contribution >= 4 is 23.8 Å². The van der Waals surface area contributed by atoms with Gasteiger partial charge in [-0.3, -0.25) is 24.4 Å². The molecule has 3 atom stereocenters. The fourth-order valence-corrected chi connectivity index (χ4v) is 2.97. The molecule has 11 heteroatoms. The van der Waals surface area contributed by atoms with Crippen molar-refractivity contribution in [2.45, 2.75) is 51.0 Å². The Morgan fingerprint density at radius 2 is 1.68 bits per heavy atom. The molecule has 1 aliphatic rings. The third-order valence-corrected chi connectivity index (χ3v) is 4.57. The summed E-state index contributed by atoms with van der Waals surface area (Å²) in [7, 11) is 1.42. The van der Waals surface area contributed by atoms with Gasteiger partial charge >= 0.3 is 11.9 Å². The largest absolute Gasteiger partial charge is 0.481 e. The third kappa shape index (κ3) is 9.62. The van der Waals surface area contributed by atoms with Crippen molar-refractivity contribution in [1.82, 2.24) is 10.4 Å². The van der Waals surface area contributed by atoms with Crippen LogP contribution in [0.4, 0.5) is 0 Å². The first kappa shape index (κ1) is 25.8. The number of hydroxylamine groups is 1. The van der Waals surface area contributed by atoms with Crippen LogP contribution in [0.3, 0.4) is 0 Å². The van der Waals surface area contributed by atoms with Crippen LogP contribution in [0.25, 0.3) is 0 Å². The summed E-state index contributed by atoms with van der Waals surface area (Å²) in [6, 6.07) is -0.716. The standard InChI is InChI=1S/C11H18N2O5.C6H14N2O2/c1-13(6-9(14)12-18)10(15)7-4-2-3-5-8(7)11(16)17;7-4-2-1-3-5(8)6(9)10/h7-8,18H,2-6H2,1H3,(H,12,14)(H,16,17);5H,1-4,7-8H2,(H,9,10)/t7-,8+;5-/m10/s1. The van der Waals surface area contributed by atoms with Crippen molar-refractivity contribution in [3.8, 4) is 0 Å². The maximum Gasteiger partial charge on any atom is 0.320 e. The van der Waals surface area contributed by atoms with Gasteiger partial charge in [-0.15, -0.1) is 0 Å². The van der Waals surface area contributed by atoms with Crippen molar-refractivity contribution in [1.29, 1.82) is 0 Å². The number of carbonyl (C=O) groups excluding carboxylic acids is 2. The van der Waals surface area contributed by atoms with E-state index in [0.29, 0.717) is 25.8 Å². The van der Waals surface area contributed by atoms with Gasteiger partial charge in [0.05, 0.1) is 11.8 Å². The Bertz CT molecular complexity index is 530. The third-order valence-electron chi connectivity index (χ3n) is 4.57. The second kappa shape index (κ2) is 13.9. The van der Waals surface area contributed by atoms with E-state index in [1.165, 1.54) is 12.5 Å². The first-order chi connectivity index (χ1) is 13.1. The van der Waals surface area contributed by atoms with E-state index in [2.05, 4.69) is 0 Å². The van der Waals surface area contributed by atoms with Crippen LogP contribution in [0, 0.1) is 11.8 Å². The van der Waals surface area contributed by atoms with Crippen molar-refractivity contribution in [3.05, 3.63) is 0 Å². The highest BCUT2D eigenvalue weighted by Crippen LogP contribution is 2.31. The molecule has 1 rings (SSSR count). The Balaban J connectivity index is 0.000000621. The summed E-state index contributed by atoms with van der Waals surface area (Å²) < 4.78 is 0. The van der Waals surface area contributed by atoms with E-state index >= 15 is 0 Å². The van der Waals surface area contributed by atoms with Crippen LogP contribution in [0.5, 0.6) is 0 Å². The van der Waals surface area contributed by atoms with Gasteiger partial charge in [0.15, 0.2) is 0 Å². The number of carboxylic acid groups (broad SMARTS) is 2. The SMILES string of the molecule is CN(CC(=O)NO)C(=O)[C@@H]1CCCC[C@@H]1C(=O)O.NCCCC[C@H](N)C(=O)O. The Kier molecular flexibility index (Phi) is 12.7. The zero-order valence-corrected chi connectivity index (χ0v) is 16.2. The van der Waals surface area contributed by atoms with E-state index in [9.17, 15) is 19.2 Å². The van der Waals surface area contributed by atoms with Crippen LogP contribution in [-0.2, 0) is 19.2 Å². The molecule has 0 bridgehead atoms. The minimum atomic E-state index is -0.965. The van der Waals surface area contributed by atoms with Crippen LogP contribution in [0.1, 0.15) is 44.9 Å². The molecule has 0 spiro atoms. The highest BCUT2D eigenvalue weighted by atomic mass is 16.5. The molecule has 0 aromatic rings. The van der Waals surface area contributed by atoms with E-state index in [-0.39, 0.29) is 12.5 Å². The number of carboxylic acids is 2. The van der Waals surface area contributed by atoms with Gasteiger partial charge in [-0.25, -0.2) is 5.48 Å². The molecule has 1 aliphatic carbocycles. The average Bonchev–Trinajstić information content (AvgIpc) is 2.67. The van der Waals surface area contributed by atoms with Gasteiger partial charge in [0.1, 0.15) is 12.6 Å². The lowest BCUT2D eigenvalue weighted by molar-refractivity contribution is -0.152. The van der Waals surface area contributed by atoms with Gasteiger partial charge in [0.25, 0.3) is 5.91 Å². The maximum absolute atomic E-state index is 12.1. The monoisotopic (exact) mass is 404 g/mol. The molecule has 0 saturated heterocycles. The van der Waals surface area contributed by atoms with Crippen molar-refractivity contribution in [2.24, 2.45) is 23.3 Å². The summed E-state index contributed by atoms with van der Waals surface area (Å²) in [5.74, 6) is -4.21. The quantitative estimate of drug-likeness (QED) is 0.164. The molecule has 162 valence electrons. The molecule has 1 saturated carbocycles. The van der Waals surface area contributed by atoms with Gasteiger partial charge in [0, 0.05) is 7.05 Å². The molecule has 0 aromatic heterocycles. The summed E-state index contributed by atoms with van der Waals surface area (Å²) in [4.78, 5) is 45.4. The van der Waals surface area contributed by atoms with E-state index in [4.69, 9.17) is 26.9 Å². The Morgan fingerprint density at radius 3 is 2.14 bits per heavy atom. The van der Waals surface area contributed by atoms with Crippen LogP contribution < -0.4 is 16.9 Å². The molecule has 2 amide bonds. The zero-order chi connectivity index (χ0) is 21.7. The predicted molar refractivity (Wildman–Crippen MR) is 99.2 cm³/mol. The molecule has 0 radical (unpaired) electrons. The number of unbranched alkanes of at least 4 members (excludes halogenated alkanes) is 1. The van der Waals surface area contributed by atoms with Crippen molar-refractivity contribution in [3.63, 3.8) is 0 Å².